The molecular formula is C10H9ClFN3S. The Bertz CT molecular complexity index is 457. The van der Waals surface area contributed by atoms with E-state index in [1.165, 1.54) is 23.6 Å². The van der Waals surface area contributed by atoms with E-state index in [4.69, 9.17) is 11.6 Å². The summed E-state index contributed by atoms with van der Waals surface area (Å²) in [4.78, 5) is 3.95. The van der Waals surface area contributed by atoms with E-state index in [1.807, 2.05) is 0 Å². The minimum atomic E-state index is -0.351. The van der Waals surface area contributed by atoms with Crippen LogP contribution in [0.3, 0.4) is 0 Å². The van der Waals surface area contributed by atoms with Crippen LogP contribution in [0.15, 0.2) is 18.3 Å². The lowest BCUT2D eigenvalue weighted by Crippen LogP contribution is -1.84. The van der Waals surface area contributed by atoms with Crippen LogP contribution < -0.4 is 0 Å². The van der Waals surface area contributed by atoms with Crippen molar-refractivity contribution < 1.29 is 4.39 Å². The van der Waals surface area contributed by atoms with Crippen LogP contribution in [0.4, 0.5) is 4.39 Å². The van der Waals surface area contributed by atoms with E-state index in [1.54, 1.807) is 6.07 Å². The van der Waals surface area contributed by atoms with E-state index in [0.717, 1.165) is 17.8 Å². The van der Waals surface area contributed by atoms with Gasteiger partial charge in [0.25, 0.3) is 0 Å². The van der Waals surface area contributed by atoms with Gasteiger partial charge in [0.2, 0.25) is 0 Å². The Labute approximate surface area is 101 Å². The van der Waals surface area contributed by atoms with E-state index < -0.39 is 0 Å². The van der Waals surface area contributed by atoms with Gasteiger partial charge in [0.05, 0.1) is 6.20 Å². The monoisotopic (exact) mass is 257 g/mol. The number of pyridine rings is 1. The van der Waals surface area contributed by atoms with Crippen LogP contribution in [0, 0.1) is 5.82 Å². The lowest BCUT2D eigenvalue weighted by molar-refractivity contribution is 0.622. The van der Waals surface area contributed by atoms with Crippen LogP contribution in [0.5, 0.6) is 0 Å². The number of nitrogens with zero attached hydrogens (tertiary/aromatic N) is 3. The van der Waals surface area contributed by atoms with Crippen molar-refractivity contribution in [2.45, 2.75) is 12.8 Å². The normalized spacial score (nSPS) is 10.6. The van der Waals surface area contributed by atoms with Crippen molar-refractivity contribution in [3.05, 3.63) is 29.2 Å². The van der Waals surface area contributed by atoms with E-state index in [2.05, 4.69) is 15.2 Å². The Morgan fingerprint density at radius 2 is 2.19 bits per heavy atom. The molecule has 3 nitrogen and oxygen atoms in total. The van der Waals surface area contributed by atoms with Crippen molar-refractivity contribution in [3.63, 3.8) is 0 Å². The van der Waals surface area contributed by atoms with E-state index in [-0.39, 0.29) is 5.82 Å². The molecule has 0 bridgehead atoms. The molecule has 6 heteroatoms. The molecule has 0 atom stereocenters. The van der Waals surface area contributed by atoms with Gasteiger partial charge < -0.3 is 0 Å². The summed E-state index contributed by atoms with van der Waals surface area (Å²) < 4.78 is 12.7. The zero-order valence-corrected chi connectivity index (χ0v) is 9.93. The van der Waals surface area contributed by atoms with Gasteiger partial charge >= 0.3 is 0 Å². The second-order valence-corrected chi connectivity index (χ2v) is 4.60. The lowest BCUT2D eigenvalue weighted by Gasteiger charge is -1.92. The molecular weight excluding hydrogens is 249 g/mol. The fourth-order valence-electron chi connectivity index (χ4n) is 1.18. The van der Waals surface area contributed by atoms with Gasteiger partial charge in [-0.25, -0.2) is 4.39 Å². The highest BCUT2D eigenvalue weighted by Gasteiger charge is 2.07. The first-order chi connectivity index (χ1) is 7.79. The minimum absolute atomic E-state index is 0.351. The van der Waals surface area contributed by atoms with Gasteiger partial charge in [0, 0.05) is 12.3 Å². The first-order valence-electron chi connectivity index (χ1n) is 4.80. The van der Waals surface area contributed by atoms with Crippen LogP contribution in [0.25, 0.3) is 10.7 Å². The first-order valence-corrected chi connectivity index (χ1v) is 6.15. The third kappa shape index (κ3) is 2.74. The quantitative estimate of drug-likeness (QED) is 0.791. The molecule has 16 heavy (non-hydrogen) atoms. The summed E-state index contributed by atoms with van der Waals surface area (Å²) in [6, 6.07) is 2.96. The van der Waals surface area contributed by atoms with Crippen LogP contribution >= 0.6 is 22.9 Å². The molecule has 0 spiro atoms. The number of rotatable bonds is 4. The molecule has 2 rings (SSSR count). The predicted octanol–water partition coefficient (Wildman–Crippen LogP) is 2.91. The standard InChI is InChI=1S/C10H9ClFN3S/c11-5-1-2-9-14-15-10(16-9)8-4-3-7(12)6-13-8/h3-4,6H,1-2,5H2. The number of hydrogen-bond acceptors (Lipinski definition) is 4. The number of halogens is 2. The maximum absolute atomic E-state index is 12.7. The third-order valence-corrected chi connectivity index (χ3v) is 3.21. The summed E-state index contributed by atoms with van der Waals surface area (Å²) >= 11 is 7.06. The van der Waals surface area contributed by atoms with Gasteiger partial charge in [0.15, 0.2) is 5.01 Å². The maximum Gasteiger partial charge on any atom is 0.166 e. The molecule has 0 unspecified atom stereocenters. The van der Waals surface area contributed by atoms with Crippen LogP contribution in [0.2, 0.25) is 0 Å². The largest absolute Gasteiger partial charge is 0.251 e. The van der Waals surface area contributed by atoms with E-state index >= 15 is 0 Å². The van der Waals surface area contributed by atoms with Crippen molar-refractivity contribution in [3.8, 4) is 10.7 Å². The molecule has 0 saturated carbocycles. The highest BCUT2D eigenvalue weighted by molar-refractivity contribution is 7.14. The van der Waals surface area contributed by atoms with Gasteiger partial charge in [-0.2, -0.15) is 0 Å². The van der Waals surface area contributed by atoms with Gasteiger partial charge in [-0.3, -0.25) is 4.98 Å². The van der Waals surface area contributed by atoms with E-state index in [9.17, 15) is 4.39 Å². The minimum Gasteiger partial charge on any atom is -0.251 e. The van der Waals surface area contributed by atoms with Crippen LogP contribution in [0.1, 0.15) is 11.4 Å². The highest BCUT2D eigenvalue weighted by Crippen LogP contribution is 2.22. The van der Waals surface area contributed by atoms with Gasteiger partial charge in [-0.15, -0.1) is 21.8 Å². The van der Waals surface area contributed by atoms with Crippen molar-refractivity contribution >= 4 is 22.9 Å². The summed E-state index contributed by atoms with van der Waals surface area (Å²) in [7, 11) is 0. The zero-order valence-electron chi connectivity index (χ0n) is 8.36. The van der Waals surface area contributed by atoms with Crippen molar-refractivity contribution in [2.75, 3.05) is 5.88 Å². The smallest absolute Gasteiger partial charge is 0.166 e. The Kier molecular flexibility index (Phi) is 3.79. The average Bonchev–Trinajstić information content (AvgIpc) is 2.76. The van der Waals surface area contributed by atoms with Crippen molar-refractivity contribution in [1.82, 2.24) is 15.2 Å². The molecule has 0 aliphatic heterocycles. The summed E-state index contributed by atoms with van der Waals surface area (Å²) in [5, 5.41) is 9.68. The molecule has 0 aliphatic rings. The number of hydrogen-bond donors (Lipinski definition) is 0. The Balaban J connectivity index is 2.15. The topological polar surface area (TPSA) is 38.7 Å². The van der Waals surface area contributed by atoms with E-state index in [0.29, 0.717) is 16.6 Å². The maximum atomic E-state index is 12.7. The summed E-state index contributed by atoms with van der Waals surface area (Å²) in [5.74, 6) is 0.264. The molecule has 0 radical (unpaired) electrons. The Hall–Kier alpha value is -1.07. The molecule has 0 aliphatic carbocycles. The molecule has 0 fully saturated rings. The van der Waals surface area contributed by atoms with Crippen molar-refractivity contribution in [2.24, 2.45) is 0 Å². The number of alkyl halides is 1. The first kappa shape index (κ1) is 11.4. The molecule has 0 aromatic carbocycles. The fourth-order valence-corrected chi connectivity index (χ4v) is 2.17. The van der Waals surface area contributed by atoms with Crippen LogP contribution in [-0.2, 0) is 6.42 Å². The Morgan fingerprint density at radius 3 is 2.88 bits per heavy atom. The third-order valence-electron chi connectivity index (χ3n) is 1.94. The molecule has 84 valence electrons. The van der Waals surface area contributed by atoms with Crippen LogP contribution in [-0.4, -0.2) is 21.1 Å². The highest BCUT2D eigenvalue weighted by atomic mass is 35.5. The van der Waals surface area contributed by atoms with Gasteiger partial charge in [-0.05, 0) is 18.6 Å². The number of aryl methyl sites for hydroxylation is 1. The summed E-state index contributed by atoms with van der Waals surface area (Å²) in [6.45, 7) is 0. The molecule has 0 saturated heterocycles. The molecule has 2 heterocycles. The Morgan fingerprint density at radius 1 is 1.31 bits per heavy atom. The average molecular weight is 258 g/mol. The van der Waals surface area contributed by atoms with Gasteiger partial charge in [-0.1, -0.05) is 11.3 Å². The molecule has 2 aromatic heterocycles. The number of aromatic nitrogens is 3. The van der Waals surface area contributed by atoms with Gasteiger partial charge in [0.1, 0.15) is 16.5 Å². The molecule has 0 N–H and O–H groups in total. The summed E-state index contributed by atoms with van der Waals surface area (Å²) in [6.07, 6.45) is 2.88. The second kappa shape index (κ2) is 5.32. The zero-order chi connectivity index (χ0) is 11.4. The molecule has 0 amide bonds. The predicted molar refractivity (Wildman–Crippen MR) is 62.1 cm³/mol. The van der Waals surface area contributed by atoms with Crippen molar-refractivity contribution in [1.29, 1.82) is 0 Å². The second-order valence-electron chi connectivity index (χ2n) is 3.16. The SMILES string of the molecule is Fc1ccc(-c2nnc(CCCCl)s2)nc1. The lowest BCUT2D eigenvalue weighted by atomic mass is 10.4. The molecule has 2 aromatic rings. The summed E-state index contributed by atoms with van der Waals surface area (Å²) in [5.41, 5.74) is 0.649. The fraction of sp³-hybridized carbons (Fsp3) is 0.300.